The lowest BCUT2D eigenvalue weighted by molar-refractivity contribution is -0.325. The van der Waals surface area contributed by atoms with Crippen molar-refractivity contribution < 1.29 is 81.6 Å². The summed E-state index contributed by atoms with van der Waals surface area (Å²) in [5, 5.41) is 56.3. The van der Waals surface area contributed by atoms with Crippen LogP contribution in [0.4, 0.5) is 0 Å². The highest BCUT2D eigenvalue weighted by Gasteiger charge is 2.53. The number of aliphatic hydroxyl groups is 5. The summed E-state index contributed by atoms with van der Waals surface area (Å²) < 4.78 is 56.2. The molecule has 2 amide bonds. The summed E-state index contributed by atoms with van der Waals surface area (Å²) in [4.78, 5) is 44.2. The zero-order valence-electron chi connectivity index (χ0n) is 28.1. The van der Waals surface area contributed by atoms with E-state index >= 15 is 0 Å². The van der Waals surface area contributed by atoms with E-state index in [0.717, 1.165) is 39.5 Å². The molecular weight excluding hydrogens is 698 g/mol. The number of carbonyl (C=O) groups is 2. The first-order valence-corrected chi connectivity index (χ1v) is 19.5. The number of rotatable bonds is 22. The molecule has 2 aliphatic heterocycles. The van der Waals surface area contributed by atoms with Crippen molar-refractivity contribution in [3.8, 4) is 0 Å². The van der Waals surface area contributed by atoms with Gasteiger partial charge in [0.15, 0.2) is 12.6 Å². The van der Waals surface area contributed by atoms with Crippen molar-refractivity contribution in [2.45, 2.75) is 146 Å². The molecule has 2 fully saturated rings. The lowest BCUT2D eigenvalue weighted by atomic mass is 9.94. The summed E-state index contributed by atoms with van der Waals surface area (Å²) in [6.45, 7) is 2.29. The van der Waals surface area contributed by atoms with Crippen LogP contribution < -0.4 is 10.6 Å². The monoisotopic (exact) mass is 752 g/mol. The average Bonchev–Trinajstić information content (AvgIpc) is 3.01. The molecule has 2 saturated heterocycles. The number of phosphoric acid groups is 2. The molecule has 0 spiro atoms. The molecule has 0 radical (unpaired) electrons. The van der Waals surface area contributed by atoms with E-state index in [4.69, 9.17) is 23.3 Å². The van der Waals surface area contributed by atoms with Crippen LogP contribution in [0.15, 0.2) is 0 Å². The summed E-state index contributed by atoms with van der Waals surface area (Å²) in [5.74, 6) is -1.47. The molecule has 2 aliphatic rings. The van der Waals surface area contributed by atoms with Crippen molar-refractivity contribution >= 4 is 27.5 Å². The Hall–Kier alpha value is -1.12. The van der Waals surface area contributed by atoms with Gasteiger partial charge in [-0.3, -0.25) is 18.6 Å². The Labute approximate surface area is 285 Å². The van der Waals surface area contributed by atoms with E-state index in [9.17, 15) is 54.0 Å². The Balaban J connectivity index is 2.05. The molecule has 2 heterocycles. The zero-order chi connectivity index (χ0) is 36.8. The van der Waals surface area contributed by atoms with Crippen molar-refractivity contribution in [3.63, 3.8) is 0 Å². The quantitative estimate of drug-likeness (QED) is 0.0522. The fourth-order valence-corrected chi connectivity index (χ4v) is 7.72. The van der Waals surface area contributed by atoms with Crippen LogP contribution in [0.1, 0.15) is 85.0 Å². The summed E-state index contributed by atoms with van der Waals surface area (Å²) in [7, 11) is -10.7. The second-order valence-corrected chi connectivity index (χ2v) is 15.1. The van der Waals surface area contributed by atoms with Crippen molar-refractivity contribution in [1.29, 1.82) is 0 Å². The minimum absolute atomic E-state index is 0.255. The highest BCUT2D eigenvalue weighted by atomic mass is 31.3. The third-order valence-electron chi connectivity index (χ3n) is 7.96. The Morgan fingerprint density at radius 2 is 1.18 bits per heavy atom. The van der Waals surface area contributed by atoms with Gasteiger partial charge in [0.25, 0.3) is 0 Å². The highest BCUT2D eigenvalue weighted by Crippen LogP contribution is 2.61. The van der Waals surface area contributed by atoms with E-state index in [1.165, 1.54) is 25.7 Å². The largest absolute Gasteiger partial charge is 0.483 e. The van der Waals surface area contributed by atoms with Crippen molar-refractivity contribution in [2.24, 2.45) is 0 Å². The van der Waals surface area contributed by atoms with Gasteiger partial charge in [0.1, 0.15) is 48.7 Å². The van der Waals surface area contributed by atoms with E-state index in [1.54, 1.807) is 0 Å². The first kappa shape index (κ1) is 44.0. The molecule has 0 aromatic carbocycles. The number of unbranched alkanes of at least 4 members (excludes halogenated alkanes) is 9. The smallest absolute Gasteiger partial charge is 0.394 e. The number of ether oxygens (including phenoxy) is 3. The lowest BCUT2D eigenvalue weighted by Gasteiger charge is -2.48. The predicted molar refractivity (Wildman–Crippen MR) is 169 cm³/mol. The zero-order valence-corrected chi connectivity index (χ0v) is 29.9. The van der Waals surface area contributed by atoms with Crippen molar-refractivity contribution in [2.75, 3.05) is 19.8 Å². The standard InChI is InChI=1S/C28H54N2O17P2/c1-4-5-6-7-8-9-10-11-12-13-14-42-48(38,39)47-49(40,41)46-28-22(30-18(3)34)25(37)26(20(16-32)44-28)45-27-21(29-17(2)33)24(36)23(35)19(15-31)43-27/h19-28,31-32,35-37H,4-16H2,1-3H3,(H,29,33)(H,30,34)(H,38,39)(H,40,41)/t19-,20-,21-,22-,23-,24-,25-,26-,27+,28-/m1/s1. The van der Waals surface area contributed by atoms with Gasteiger partial charge in [0.2, 0.25) is 11.8 Å². The van der Waals surface area contributed by atoms with Gasteiger partial charge in [0.05, 0.1) is 19.8 Å². The molecule has 2 unspecified atom stereocenters. The molecule has 2 rings (SSSR count). The SMILES string of the molecule is CCCCCCCCCCCCOP(=O)(O)OP(=O)(O)O[C@H]1O[C@H](CO)[C@@H](O[C@@H]2O[C@H](CO)[C@@H](O)[C@H](O)[C@H]2NC(C)=O)[C@H](O)[C@H]1NC(C)=O. The molecule has 19 nitrogen and oxygen atoms in total. The second-order valence-electron chi connectivity index (χ2n) is 12.1. The Kier molecular flexibility index (Phi) is 19.2. The Bertz CT molecular complexity index is 1110. The minimum atomic E-state index is -5.53. The van der Waals surface area contributed by atoms with Crippen LogP contribution in [-0.2, 0) is 46.3 Å². The number of amides is 2. The fraction of sp³-hybridized carbons (Fsp3) is 0.929. The van der Waals surface area contributed by atoms with Gasteiger partial charge in [-0.2, -0.15) is 4.31 Å². The van der Waals surface area contributed by atoms with Crippen LogP contribution in [0.3, 0.4) is 0 Å². The van der Waals surface area contributed by atoms with E-state index in [2.05, 4.69) is 21.9 Å². The third kappa shape index (κ3) is 14.8. The average molecular weight is 753 g/mol. The summed E-state index contributed by atoms with van der Waals surface area (Å²) >= 11 is 0. The maximum absolute atomic E-state index is 12.8. The van der Waals surface area contributed by atoms with Crippen molar-refractivity contribution in [3.05, 3.63) is 0 Å². The molecule has 288 valence electrons. The van der Waals surface area contributed by atoms with E-state index < -0.39 is 102 Å². The van der Waals surface area contributed by atoms with Crippen LogP contribution >= 0.6 is 15.6 Å². The van der Waals surface area contributed by atoms with Crippen LogP contribution in [0, 0.1) is 0 Å². The molecule has 0 aromatic rings. The van der Waals surface area contributed by atoms with Crippen LogP contribution in [0.5, 0.6) is 0 Å². The van der Waals surface area contributed by atoms with Crippen molar-refractivity contribution in [1.82, 2.24) is 10.6 Å². The molecule has 21 heteroatoms. The second kappa shape index (κ2) is 21.4. The highest BCUT2D eigenvalue weighted by molar-refractivity contribution is 7.61. The molecular formula is C28H54N2O17P2. The number of hydrogen-bond donors (Lipinski definition) is 9. The molecule has 9 N–H and O–H groups in total. The van der Waals surface area contributed by atoms with Crippen LogP contribution in [0.2, 0.25) is 0 Å². The van der Waals surface area contributed by atoms with Crippen LogP contribution in [-0.4, -0.2) is 128 Å². The summed E-state index contributed by atoms with van der Waals surface area (Å²) in [6, 6.07) is -3.20. The molecule has 0 bridgehead atoms. The maximum Gasteiger partial charge on any atom is 0.483 e. The Morgan fingerprint density at radius 1 is 0.694 bits per heavy atom. The number of nitrogens with one attached hydrogen (secondary N) is 2. The number of aliphatic hydroxyl groups excluding tert-OH is 5. The maximum atomic E-state index is 12.8. The first-order valence-electron chi connectivity index (χ1n) is 16.5. The first-order chi connectivity index (χ1) is 23.1. The Morgan fingerprint density at radius 3 is 1.69 bits per heavy atom. The van der Waals surface area contributed by atoms with Gasteiger partial charge in [-0.1, -0.05) is 64.7 Å². The van der Waals surface area contributed by atoms with E-state index in [-0.39, 0.29) is 6.61 Å². The van der Waals surface area contributed by atoms with Gasteiger partial charge < -0.3 is 60.2 Å². The molecule has 0 saturated carbocycles. The van der Waals surface area contributed by atoms with Gasteiger partial charge >= 0.3 is 15.6 Å². The molecule has 49 heavy (non-hydrogen) atoms. The molecule has 0 aliphatic carbocycles. The van der Waals surface area contributed by atoms with Gasteiger partial charge in [-0.15, -0.1) is 0 Å². The summed E-state index contributed by atoms with van der Waals surface area (Å²) in [5.41, 5.74) is 0. The normalized spacial score (nSPS) is 32.9. The lowest BCUT2D eigenvalue weighted by Crippen LogP contribution is -2.69. The van der Waals surface area contributed by atoms with Gasteiger partial charge in [-0.25, -0.2) is 9.13 Å². The van der Waals surface area contributed by atoms with Gasteiger partial charge in [0, 0.05) is 13.8 Å². The van der Waals surface area contributed by atoms with Gasteiger partial charge in [-0.05, 0) is 6.42 Å². The fourth-order valence-electron chi connectivity index (χ4n) is 5.53. The summed E-state index contributed by atoms with van der Waals surface area (Å²) in [6.07, 6.45) is -3.77. The number of phosphoric ester groups is 2. The van der Waals surface area contributed by atoms with Crippen LogP contribution in [0.25, 0.3) is 0 Å². The molecule has 0 aromatic heterocycles. The van der Waals surface area contributed by atoms with E-state index in [1.807, 2.05) is 0 Å². The number of hydrogen-bond acceptors (Lipinski definition) is 15. The minimum Gasteiger partial charge on any atom is -0.394 e. The predicted octanol–water partition coefficient (Wildman–Crippen LogP) is 0.0696. The van der Waals surface area contributed by atoms with E-state index in [0.29, 0.717) is 12.8 Å². The topological polar surface area (TPSA) is 289 Å². The third-order valence-corrected chi connectivity index (χ3v) is 10.6. The number of carbonyl (C=O) groups excluding carboxylic acids is 2. The molecule has 12 atom stereocenters.